The Morgan fingerprint density at radius 1 is 1.17 bits per heavy atom. The predicted octanol–water partition coefficient (Wildman–Crippen LogP) is 3.68. The van der Waals surface area contributed by atoms with E-state index in [1.807, 2.05) is 12.1 Å². The van der Waals surface area contributed by atoms with Crippen molar-refractivity contribution in [3.63, 3.8) is 0 Å². The van der Waals surface area contributed by atoms with Gasteiger partial charge in [0.2, 0.25) is 0 Å². The van der Waals surface area contributed by atoms with Crippen molar-refractivity contribution in [3.05, 3.63) is 57.6 Å². The lowest BCUT2D eigenvalue weighted by atomic mass is 9.99. The van der Waals surface area contributed by atoms with E-state index < -0.39 is 29.1 Å². The Morgan fingerprint density at radius 2 is 1.80 bits per heavy atom. The SMILES string of the molecule is CC[C@H](C)c1ccc(NC(=O)COC(=O)c2cc3c(cc2[N+](=O)[O-])OCCO3)cc1. The molecular formula is C21H22N2O7. The molecular weight excluding hydrogens is 392 g/mol. The second kappa shape index (κ2) is 9.25. The Labute approximate surface area is 173 Å². The number of rotatable bonds is 7. The number of anilines is 1. The average molecular weight is 414 g/mol. The van der Waals surface area contributed by atoms with Crippen molar-refractivity contribution >= 4 is 23.3 Å². The van der Waals surface area contributed by atoms with Gasteiger partial charge in [0.1, 0.15) is 18.8 Å². The summed E-state index contributed by atoms with van der Waals surface area (Å²) in [7, 11) is 0. The van der Waals surface area contributed by atoms with Crippen molar-refractivity contribution < 1.29 is 28.7 Å². The number of amides is 1. The number of fused-ring (bicyclic) bond motifs is 1. The lowest BCUT2D eigenvalue weighted by Crippen LogP contribution is -2.22. The molecule has 9 nitrogen and oxygen atoms in total. The van der Waals surface area contributed by atoms with Crippen LogP contribution in [-0.2, 0) is 9.53 Å². The minimum Gasteiger partial charge on any atom is -0.486 e. The van der Waals surface area contributed by atoms with Crippen molar-refractivity contribution in [2.75, 3.05) is 25.1 Å². The van der Waals surface area contributed by atoms with Crippen LogP contribution in [0.25, 0.3) is 0 Å². The van der Waals surface area contributed by atoms with Gasteiger partial charge in [0.05, 0.1) is 11.0 Å². The number of nitrogens with one attached hydrogen (secondary N) is 1. The molecule has 0 unspecified atom stereocenters. The first-order valence-electron chi connectivity index (χ1n) is 9.54. The second-order valence-electron chi connectivity index (χ2n) is 6.83. The number of nitro benzene ring substituents is 1. The van der Waals surface area contributed by atoms with Gasteiger partial charge >= 0.3 is 5.97 Å². The van der Waals surface area contributed by atoms with E-state index >= 15 is 0 Å². The molecule has 1 heterocycles. The van der Waals surface area contributed by atoms with Crippen LogP contribution in [0.4, 0.5) is 11.4 Å². The molecule has 158 valence electrons. The Balaban J connectivity index is 1.63. The van der Waals surface area contributed by atoms with Crippen LogP contribution in [0.5, 0.6) is 11.5 Å². The van der Waals surface area contributed by atoms with Crippen molar-refractivity contribution in [2.45, 2.75) is 26.2 Å². The minimum absolute atomic E-state index is 0.183. The molecule has 1 aliphatic rings. The monoisotopic (exact) mass is 414 g/mol. The van der Waals surface area contributed by atoms with Crippen LogP contribution < -0.4 is 14.8 Å². The molecule has 0 spiro atoms. The Kier molecular flexibility index (Phi) is 6.51. The Bertz CT molecular complexity index is 957. The summed E-state index contributed by atoms with van der Waals surface area (Å²) in [6.07, 6.45) is 1.01. The highest BCUT2D eigenvalue weighted by Crippen LogP contribution is 2.36. The molecule has 1 amide bonds. The summed E-state index contributed by atoms with van der Waals surface area (Å²) in [4.78, 5) is 35.1. The van der Waals surface area contributed by atoms with E-state index in [1.165, 1.54) is 6.07 Å². The molecule has 0 bridgehead atoms. The van der Waals surface area contributed by atoms with Gasteiger partial charge in [-0.1, -0.05) is 26.0 Å². The number of carbonyl (C=O) groups is 2. The Morgan fingerprint density at radius 3 is 2.40 bits per heavy atom. The summed E-state index contributed by atoms with van der Waals surface area (Å²) in [5.74, 6) is -0.744. The Hall–Kier alpha value is -3.62. The number of benzene rings is 2. The highest BCUT2D eigenvalue weighted by Gasteiger charge is 2.27. The molecule has 0 aliphatic carbocycles. The van der Waals surface area contributed by atoms with Crippen molar-refractivity contribution in [1.82, 2.24) is 0 Å². The fourth-order valence-electron chi connectivity index (χ4n) is 2.93. The topological polar surface area (TPSA) is 117 Å². The average Bonchev–Trinajstić information content (AvgIpc) is 2.76. The first-order valence-corrected chi connectivity index (χ1v) is 9.54. The summed E-state index contributed by atoms with van der Waals surface area (Å²) in [5, 5.41) is 13.9. The maximum atomic E-state index is 12.4. The van der Waals surface area contributed by atoms with Crippen LogP contribution in [0.2, 0.25) is 0 Å². The predicted molar refractivity (Wildman–Crippen MR) is 108 cm³/mol. The van der Waals surface area contributed by atoms with E-state index in [4.69, 9.17) is 14.2 Å². The van der Waals surface area contributed by atoms with Gasteiger partial charge in [0.15, 0.2) is 18.1 Å². The van der Waals surface area contributed by atoms with Crippen LogP contribution in [0.15, 0.2) is 36.4 Å². The van der Waals surface area contributed by atoms with Gasteiger partial charge in [-0.3, -0.25) is 14.9 Å². The maximum Gasteiger partial charge on any atom is 0.345 e. The van der Waals surface area contributed by atoms with Crippen LogP contribution in [0, 0.1) is 10.1 Å². The first kappa shape index (κ1) is 21.1. The zero-order valence-corrected chi connectivity index (χ0v) is 16.7. The summed E-state index contributed by atoms with van der Waals surface area (Å²) in [6.45, 7) is 4.15. The number of nitro groups is 1. The lowest BCUT2D eigenvalue weighted by Gasteiger charge is -2.18. The van der Waals surface area contributed by atoms with Gasteiger partial charge in [0, 0.05) is 11.8 Å². The van der Waals surface area contributed by atoms with Crippen molar-refractivity contribution in [3.8, 4) is 11.5 Å². The lowest BCUT2D eigenvalue weighted by molar-refractivity contribution is -0.385. The van der Waals surface area contributed by atoms with E-state index in [9.17, 15) is 19.7 Å². The van der Waals surface area contributed by atoms with E-state index in [0.29, 0.717) is 11.6 Å². The molecule has 30 heavy (non-hydrogen) atoms. The number of ether oxygens (including phenoxy) is 3. The van der Waals surface area contributed by atoms with E-state index in [0.717, 1.165) is 18.1 Å². The van der Waals surface area contributed by atoms with Crippen LogP contribution in [0.3, 0.4) is 0 Å². The fourth-order valence-corrected chi connectivity index (χ4v) is 2.93. The molecule has 9 heteroatoms. The molecule has 1 N–H and O–H groups in total. The first-order chi connectivity index (χ1) is 14.4. The molecule has 2 aromatic rings. The van der Waals surface area contributed by atoms with Gasteiger partial charge in [-0.15, -0.1) is 0 Å². The second-order valence-corrected chi connectivity index (χ2v) is 6.83. The molecule has 1 atom stereocenters. The van der Waals surface area contributed by atoms with Gasteiger partial charge in [0.25, 0.3) is 11.6 Å². The third-order valence-electron chi connectivity index (χ3n) is 4.79. The third kappa shape index (κ3) is 4.86. The zero-order valence-electron chi connectivity index (χ0n) is 16.7. The highest BCUT2D eigenvalue weighted by molar-refractivity contribution is 5.98. The van der Waals surface area contributed by atoms with Gasteiger partial charge in [-0.25, -0.2) is 4.79 Å². The van der Waals surface area contributed by atoms with Gasteiger partial charge < -0.3 is 19.5 Å². The summed E-state index contributed by atoms with van der Waals surface area (Å²) < 4.78 is 15.6. The largest absolute Gasteiger partial charge is 0.486 e. The smallest absolute Gasteiger partial charge is 0.345 e. The van der Waals surface area contributed by atoms with Crippen LogP contribution >= 0.6 is 0 Å². The summed E-state index contributed by atoms with van der Waals surface area (Å²) >= 11 is 0. The standard InChI is InChI=1S/C21H22N2O7/c1-3-13(2)14-4-6-15(7-5-14)22-20(24)12-30-21(25)16-10-18-19(29-9-8-28-18)11-17(16)23(26)27/h4-7,10-11,13H,3,8-9,12H2,1-2H3,(H,22,24)/t13-/m0/s1. The van der Waals surface area contributed by atoms with E-state index in [-0.39, 0.29) is 30.3 Å². The molecule has 0 fully saturated rings. The van der Waals surface area contributed by atoms with Crippen LogP contribution in [-0.4, -0.2) is 36.6 Å². The van der Waals surface area contributed by atoms with Crippen LogP contribution in [0.1, 0.15) is 42.1 Å². The molecule has 0 saturated heterocycles. The number of carbonyl (C=O) groups excluding carboxylic acids is 2. The number of hydrogen-bond acceptors (Lipinski definition) is 7. The fraction of sp³-hybridized carbons (Fsp3) is 0.333. The number of hydrogen-bond donors (Lipinski definition) is 1. The summed E-state index contributed by atoms with van der Waals surface area (Å²) in [5.41, 5.74) is 0.932. The van der Waals surface area contributed by atoms with E-state index in [1.54, 1.807) is 12.1 Å². The number of esters is 1. The van der Waals surface area contributed by atoms with Gasteiger partial charge in [-0.05, 0) is 30.0 Å². The normalized spacial score (nSPS) is 13.3. The molecule has 0 radical (unpaired) electrons. The quantitative estimate of drug-likeness (QED) is 0.417. The highest BCUT2D eigenvalue weighted by atomic mass is 16.6. The van der Waals surface area contributed by atoms with Gasteiger partial charge in [-0.2, -0.15) is 0 Å². The minimum atomic E-state index is -0.999. The van der Waals surface area contributed by atoms with Crippen molar-refractivity contribution in [2.24, 2.45) is 0 Å². The molecule has 2 aromatic carbocycles. The maximum absolute atomic E-state index is 12.4. The van der Waals surface area contributed by atoms with E-state index in [2.05, 4.69) is 19.2 Å². The molecule has 0 saturated carbocycles. The molecule has 1 aliphatic heterocycles. The van der Waals surface area contributed by atoms with Crippen molar-refractivity contribution in [1.29, 1.82) is 0 Å². The summed E-state index contributed by atoms with van der Waals surface area (Å²) in [6, 6.07) is 9.70. The third-order valence-corrected chi connectivity index (χ3v) is 4.79. The molecule has 0 aromatic heterocycles. The zero-order chi connectivity index (χ0) is 21.7. The molecule has 3 rings (SSSR count). The number of nitrogens with zero attached hydrogens (tertiary/aromatic N) is 1.